The Morgan fingerprint density at radius 3 is 2.44 bits per heavy atom. The number of halogens is 1. The Morgan fingerprint density at radius 1 is 1.12 bits per heavy atom. The van der Waals surface area contributed by atoms with Crippen LogP contribution in [-0.4, -0.2) is 23.7 Å². The largest absolute Gasteiger partial charge is 0.340 e. The summed E-state index contributed by atoms with van der Waals surface area (Å²) in [6.07, 6.45) is 0.132. The Bertz CT molecular complexity index is 760. The van der Waals surface area contributed by atoms with Gasteiger partial charge in [0.15, 0.2) is 5.37 Å². The van der Waals surface area contributed by atoms with Crippen LogP contribution in [0.1, 0.15) is 5.56 Å². The van der Waals surface area contributed by atoms with Gasteiger partial charge in [-0.15, -0.1) is 0 Å². The highest BCUT2D eigenvalue weighted by Gasteiger charge is 2.22. The highest BCUT2D eigenvalue weighted by atomic mass is 32.2. The lowest BCUT2D eigenvalue weighted by Gasteiger charge is -2.17. The minimum absolute atomic E-state index is 0.132. The average molecular weight is 357 g/mol. The van der Waals surface area contributed by atoms with Crippen molar-refractivity contribution in [2.45, 2.75) is 16.7 Å². The first-order valence-electron chi connectivity index (χ1n) is 7.48. The topological polar surface area (TPSA) is 82.0 Å². The Labute approximate surface area is 149 Å². The van der Waals surface area contributed by atoms with E-state index in [2.05, 4.69) is 10.6 Å². The van der Waals surface area contributed by atoms with E-state index >= 15 is 0 Å². The summed E-state index contributed by atoms with van der Waals surface area (Å²) in [5.41, 5.74) is 0.822. The van der Waals surface area contributed by atoms with E-state index in [0.29, 0.717) is 4.90 Å². The van der Waals surface area contributed by atoms with E-state index in [1.165, 1.54) is 24.3 Å². The van der Waals surface area contributed by atoms with E-state index < -0.39 is 11.3 Å². The third-order valence-corrected chi connectivity index (χ3v) is 4.26. The zero-order chi connectivity index (χ0) is 18.1. The Hall–Kier alpha value is -2.85. The fourth-order valence-corrected chi connectivity index (χ4v) is 2.94. The average Bonchev–Trinajstić information content (AvgIpc) is 2.61. The lowest BCUT2D eigenvalue weighted by molar-refractivity contribution is -0.126. The fraction of sp³-hybridized carbons (Fsp3) is 0.167. The second-order valence-corrected chi connectivity index (χ2v) is 6.24. The number of benzene rings is 2. The van der Waals surface area contributed by atoms with Crippen molar-refractivity contribution in [1.82, 2.24) is 10.6 Å². The van der Waals surface area contributed by atoms with Crippen molar-refractivity contribution in [3.05, 3.63) is 66.0 Å². The van der Waals surface area contributed by atoms with Gasteiger partial charge >= 0.3 is 0 Å². The van der Waals surface area contributed by atoms with Crippen LogP contribution in [-0.2, 0) is 16.0 Å². The van der Waals surface area contributed by atoms with Crippen molar-refractivity contribution in [3.8, 4) is 6.07 Å². The van der Waals surface area contributed by atoms with E-state index in [1.54, 1.807) is 0 Å². The summed E-state index contributed by atoms with van der Waals surface area (Å²) in [5, 5.41) is 12.7. The molecule has 0 aliphatic carbocycles. The minimum Gasteiger partial charge on any atom is -0.340 e. The smallest absolute Gasteiger partial charge is 0.254 e. The van der Waals surface area contributed by atoms with Crippen LogP contribution in [0.25, 0.3) is 0 Å². The summed E-state index contributed by atoms with van der Waals surface area (Å²) in [6.45, 7) is -0.159. The van der Waals surface area contributed by atoms with Crippen LogP contribution in [0.3, 0.4) is 0 Å². The number of amides is 2. The molecule has 1 unspecified atom stereocenters. The molecule has 0 saturated heterocycles. The quantitative estimate of drug-likeness (QED) is 0.452. The van der Waals surface area contributed by atoms with E-state index in [0.717, 1.165) is 17.3 Å². The molecule has 2 rings (SSSR count). The number of hydrogen-bond acceptors (Lipinski definition) is 4. The predicted molar refractivity (Wildman–Crippen MR) is 93.0 cm³/mol. The molecule has 2 aromatic carbocycles. The zero-order valence-electron chi connectivity index (χ0n) is 13.2. The molecule has 7 heteroatoms. The molecule has 2 N–H and O–H groups in total. The first-order chi connectivity index (χ1) is 12.1. The molecule has 0 aliphatic rings. The van der Waals surface area contributed by atoms with Crippen molar-refractivity contribution in [2.24, 2.45) is 0 Å². The number of carbonyl (C=O) groups is 2. The van der Waals surface area contributed by atoms with Crippen molar-refractivity contribution >= 4 is 23.6 Å². The number of nitriles is 1. The number of thioether (sulfide) groups is 1. The van der Waals surface area contributed by atoms with Crippen molar-refractivity contribution in [1.29, 1.82) is 5.26 Å². The van der Waals surface area contributed by atoms with Crippen LogP contribution in [0.2, 0.25) is 0 Å². The lowest BCUT2D eigenvalue weighted by atomic mass is 10.1. The van der Waals surface area contributed by atoms with Gasteiger partial charge in [-0.25, -0.2) is 4.39 Å². The van der Waals surface area contributed by atoms with Crippen LogP contribution in [0.4, 0.5) is 4.39 Å². The summed E-state index contributed by atoms with van der Waals surface area (Å²) in [7, 11) is 0. The molecule has 5 nitrogen and oxygen atoms in total. The predicted octanol–water partition coefficient (Wildman–Crippen LogP) is 2.24. The van der Waals surface area contributed by atoms with Crippen LogP contribution < -0.4 is 10.6 Å². The first kappa shape index (κ1) is 18.5. The molecule has 0 radical (unpaired) electrons. The Morgan fingerprint density at radius 2 is 1.80 bits per heavy atom. The fourth-order valence-electron chi connectivity index (χ4n) is 2.00. The van der Waals surface area contributed by atoms with Crippen LogP contribution in [0.5, 0.6) is 0 Å². The van der Waals surface area contributed by atoms with Crippen molar-refractivity contribution in [2.75, 3.05) is 6.54 Å². The number of nitrogens with zero attached hydrogens (tertiary/aromatic N) is 1. The second-order valence-electron chi connectivity index (χ2n) is 5.06. The van der Waals surface area contributed by atoms with Gasteiger partial charge in [0.1, 0.15) is 12.4 Å². The van der Waals surface area contributed by atoms with E-state index in [1.807, 2.05) is 36.4 Å². The maximum absolute atomic E-state index is 13.0. The van der Waals surface area contributed by atoms with Gasteiger partial charge in [0.2, 0.25) is 5.91 Å². The molecule has 2 amide bonds. The monoisotopic (exact) mass is 357 g/mol. The highest BCUT2D eigenvalue weighted by molar-refractivity contribution is 8.00. The third kappa shape index (κ3) is 6.28. The van der Waals surface area contributed by atoms with Gasteiger partial charge < -0.3 is 10.6 Å². The summed E-state index contributed by atoms with van der Waals surface area (Å²) in [5.74, 6) is -1.20. The molecule has 0 spiro atoms. The Kier molecular flexibility index (Phi) is 6.99. The second kappa shape index (κ2) is 9.45. The van der Waals surface area contributed by atoms with Crippen LogP contribution >= 0.6 is 11.8 Å². The molecule has 25 heavy (non-hydrogen) atoms. The zero-order valence-corrected chi connectivity index (χ0v) is 14.1. The summed E-state index contributed by atoms with van der Waals surface area (Å²) in [4.78, 5) is 25.0. The molecular formula is C18H16FN3O2S. The van der Waals surface area contributed by atoms with Crippen LogP contribution in [0.15, 0.2) is 59.5 Å². The summed E-state index contributed by atoms with van der Waals surface area (Å²) >= 11 is 1.07. The molecule has 128 valence electrons. The Balaban J connectivity index is 2.05. The molecular weight excluding hydrogens is 341 g/mol. The maximum atomic E-state index is 13.0. The molecule has 0 bridgehead atoms. The van der Waals surface area contributed by atoms with Gasteiger partial charge in [-0.2, -0.15) is 5.26 Å². The van der Waals surface area contributed by atoms with Gasteiger partial charge in [0.05, 0.1) is 12.5 Å². The maximum Gasteiger partial charge on any atom is 0.254 e. The number of hydrogen-bond donors (Lipinski definition) is 2. The van der Waals surface area contributed by atoms with Crippen LogP contribution in [0, 0.1) is 17.1 Å². The third-order valence-electron chi connectivity index (χ3n) is 3.15. The number of carbonyl (C=O) groups excluding carboxylic acids is 2. The standard InChI is InChI=1S/C18H16FN3O2S/c19-14-6-8-15(9-7-14)25-18(17(24)21-11-10-20)22-16(23)12-13-4-2-1-3-5-13/h1-9,18H,11-12H2,(H,21,24)(H,22,23). The molecule has 0 saturated carbocycles. The number of nitrogens with one attached hydrogen (secondary N) is 2. The van der Waals surface area contributed by atoms with Gasteiger partial charge in [-0.05, 0) is 29.8 Å². The van der Waals surface area contributed by atoms with E-state index in [9.17, 15) is 14.0 Å². The highest BCUT2D eigenvalue weighted by Crippen LogP contribution is 2.22. The van der Waals surface area contributed by atoms with Gasteiger partial charge in [-0.3, -0.25) is 9.59 Å². The van der Waals surface area contributed by atoms with E-state index in [4.69, 9.17) is 5.26 Å². The molecule has 0 fully saturated rings. The van der Waals surface area contributed by atoms with Crippen molar-refractivity contribution < 1.29 is 14.0 Å². The van der Waals surface area contributed by atoms with E-state index in [-0.39, 0.29) is 24.7 Å². The van der Waals surface area contributed by atoms with Crippen molar-refractivity contribution in [3.63, 3.8) is 0 Å². The summed E-state index contributed by atoms with van der Waals surface area (Å²) < 4.78 is 13.0. The lowest BCUT2D eigenvalue weighted by Crippen LogP contribution is -2.45. The molecule has 0 aromatic heterocycles. The molecule has 0 aliphatic heterocycles. The van der Waals surface area contributed by atoms with Gasteiger partial charge in [-0.1, -0.05) is 42.1 Å². The SMILES string of the molecule is N#CCNC(=O)C(NC(=O)Cc1ccccc1)Sc1ccc(F)cc1. The summed E-state index contributed by atoms with van der Waals surface area (Å²) in [6, 6.07) is 16.5. The molecule has 1 atom stereocenters. The normalized spacial score (nSPS) is 11.2. The molecule has 2 aromatic rings. The minimum atomic E-state index is -0.921. The van der Waals surface area contributed by atoms with Gasteiger partial charge in [0, 0.05) is 4.90 Å². The molecule has 0 heterocycles. The first-order valence-corrected chi connectivity index (χ1v) is 8.36. The van der Waals surface area contributed by atoms with Gasteiger partial charge in [0.25, 0.3) is 5.91 Å². The number of rotatable bonds is 7.